The third kappa shape index (κ3) is 1.51. The minimum absolute atomic E-state index is 0.0757. The molecule has 0 fully saturated rings. The summed E-state index contributed by atoms with van der Waals surface area (Å²) in [6.07, 6.45) is 1.83. The van der Waals surface area contributed by atoms with Crippen molar-refractivity contribution in [3.8, 4) is 0 Å². The van der Waals surface area contributed by atoms with Gasteiger partial charge in [0.2, 0.25) is 0 Å². The molecule has 0 unspecified atom stereocenters. The number of rotatable bonds is 2. The highest BCUT2D eigenvalue weighted by atomic mass is 32.1. The van der Waals surface area contributed by atoms with E-state index in [9.17, 15) is 4.79 Å². The Morgan fingerprint density at radius 3 is 3.07 bits per heavy atom. The molecule has 0 bridgehead atoms. The van der Waals surface area contributed by atoms with Crippen molar-refractivity contribution >= 4 is 21.4 Å². The molecule has 0 aliphatic heterocycles. The third-order valence-electron chi connectivity index (χ3n) is 2.03. The fourth-order valence-corrected chi connectivity index (χ4v) is 2.19. The molecule has 2 rings (SSSR count). The van der Waals surface area contributed by atoms with Crippen LogP contribution >= 0.6 is 11.3 Å². The predicted octanol–water partition coefficient (Wildman–Crippen LogP) is 2.64. The molecule has 0 aliphatic carbocycles. The molecule has 0 aromatic carbocycles. The Hall–Kier alpha value is -1.35. The molecule has 0 spiro atoms. The minimum Gasteiger partial charge on any atom is -0.311 e. The Morgan fingerprint density at radius 1 is 1.57 bits per heavy atom. The van der Waals surface area contributed by atoms with Gasteiger partial charge in [0.05, 0.1) is 5.39 Å². The molecule has 3 heteroatoms. The molecule has 0 atom stereocenters. The van der Waals surface area contributed by atoms with Crippen LogP contribution in [0.5, 0.6) is 0 Å². The Balaban J connectivity index is 2.62. The van der Waals surface area contributed by atoms with Crippen LogP contribution in [0.25, 0.3) is 10.1 Å². The monoisotopic (exact) mass is 205 g/mol. The molecule has 0 saturated heterocycles. The molecular formula is C11H11NOS. The van der Waals surface area contributed by atoms with Crippen molar-refractivity contribution < 1.29 is 0 Å². The maximum Gasteiger partial charge on any atom is 0.259 e. The lowest BCUT2D eigenvalue weighted by Crippen LogP contribution is -2.19. The van der Waals surface area contributed by atoms with Gasteiger partial charge < -0.3 is 4.57 Å². The minimum atomic E-state index is 0.0757. The van der Waals surface area contributed by atoms with Crippen LogP contribution in [0.3, 0.4) is 0 Å². The van der Waals surface area contributed by atoms with E-state index in [4.69, 9.17) is 0 Å². The molecular weight excluding hydrogens is 194 g/mol. The van der Waals surface area contributed by atoms with Crippen LogP contribution in [-0.2, 0) is 6.54 Å². The van der Waals surface area contributed by atoms with E-state index in [1.807, 2.05) is 30.6 Å². The molecule has 2 aromatic rings. The van der Waals surface area contributed by atoms with Crippen molar-refractivity contribution in [2.75, 3.05) is 0 Å². The van der Waals surface area contributed by atoms with Crippen molar-refractivity contribution in [1.29, 1.82) is 0 Å². The van der Waals surface area contributed by atoms with Crippen molar-refractivity contribution in [2.24, 2.45) is 0 Å². The Bertz CT molecular complexity index is 535. The number of fused-ring (bicyclic) bond motifs is 1. The van der Waals surface area contributed by atoms with E-state index < -0.39 is 0 Å². The van der Waals surface area contributed by atoms with Crippen molar-refractivity contribution in [3.63, 3.8) is 0 Å². The Labute approximate surface area is 86.1 Å². The van der Waals surface area contributed by atoms with Crippen molar-refractivity contribution in [3.05, 3.63) is 46.2 Å². The Morgan fingerprint density at radius 2 is 2.36 bits per heavy atom. The average Bonchev–Trinajstić information content (AvgIpc) is 2.57. The Kier molecular flexibility index (Phi) is 2.25. The van der Waals surface area contributed by atoms with Crippen LogP contribution in [0.2, 0.25) is 0 Å². The summed E-state index contributed by atoms with van der Waals surface area (Å²) in [5.41, 5.74) is 1.06. The number of allylic oxidation sites excluding steroid dienone is 1. The quantitative estimate of drug-likeness (QED) is 0.691. The second kappa shape index (κ2) is 3.42. The lowest BCUT2D eigenvalue weighted by molar-refractivity contribution is 0.757. The van der Waals surface area contributed by atoms with Crippen LogP contribution in [0.1, 0.15) is 6.92 Å². The van der Waals surface area contributed by atoms with Gasteiger partial charge in [0.15, 0.2) is 0 Å². The largest absolute Gasteiger partial charge is 0.311 e. The lowest BCUT2D eigenvalue weighted by atomic mass is 10.3. The SMILES string of the molecule is C=C(C)Cn1ccc2sccc2c1=O. The van der Waals surface area contributed by atoms with E-state index in [0.29, 0.717) is 6.54 Å². The molecule has 2 heterocycles. The normalized spacial score (nSPS) is 10.6. The molecule has 72 valence electrons. The summed E-state index contributed by atoms with van der Waals surface area (Å²) >= 11 is 1.59. The van der Waals surface area contributed by atoms with Crippen molar-refractivity contribution in [1.82, 2.24) is 4.57 Å². The first kappa shape index (κ1) is 9.21. The molecule has 2 aromatic heterocycles. The second-order valence-electron chi connectivity index (χ2n) is 3.40. The predicted molar refractivity (Wildman–Crippen MR) is 60.9 cm³/mol. The first-order chi connectivity index (χ1) is 6.68. The summed E-state index contributed by atoms with van der Waals surface area (Å²) in [6.45, 7) is 6.32. The van der Waals surface area contributed by atoms with E-state index in [1.165, 1.54) is 0 Å². The summed E-state index contributed by atoms with van der Waals surface area (Å²) in [4.78, 5) is 11.9. The molecule has 0 amide bonds. The smallest absolute Gasteiger partial charge is 0.259 e. The van der Waals surface area contributed by atoms with Crippen LogP contribution in [0.15, 0.2) is 40.7 Å². The topological polar surface area (TPSA) is 22.0 Å². The van der Waals surface area contributed by atoms with E-state index in [2.05, 4.69) is 6.58 Å². The summed E-state index contributed by atoms with van der Waals surface area (Å²) in [7, 11) is 0. The number of hydrogen-bond donors (Lipinski definition) is 0. The van der Waals surface area contributed by atoms with E-state index >= 15 is 0 Å². The summed E-state index contributed by atoms with van der Waals surface area (Å²) < 4.78 is 2.74. The first-order valence-corrected chi connectivity index (χ1v) is 5.27. The zero-order valence-corrected chi connectivity index (χ0v) is 8.80. The van der Waals surface area contributed by atoms with Crippen LogP contribution in [0.4, 0.5) is 0 Å². The summed E-state index contributed by atoms with van der Waals surface area (Å²) in [6, 6.07) is 3.85. The third-order valence-corrected chi connectivity index (χ3v) is 2.91. The summed E-state index contributed by atoms with van der Waals surface area (Å²) in [5.74, 6) is 0. The van der Waals surface area contributed by atoms with Gasteiger partial charge in [-0.3, -0.25) is 4.79 Å². The second-order valence-corrected chi connectivity index (χ2v) is 4.35. The number of pyridine rings is 1. The van der Waals surface area contributed by atoms with Crippen LogP contribution in [0, 0.1) is 0 Å². The molecule has 0 saturated carbocycles. The van der Waals surface area contributed by atoms with Gasteiger partial charge in [0.1, 0.15) is 0 Å². The molecule has 2 nitrogen and oxygen atoms in total. The van der Waals surface area contributed by atoms with Gasteiger partial charge >= 0.3 is 0 Å². The lowest BCUT2D eigenvalue weighted by Gasteiger charge is -2.04. The van der Waals surface area contributed by atoms with E-state index in [-0.39, 0.29) is 5.56 Å². The van der Waals surface area contributed by atoms with Crippen LogP contribution < -0.4 is 5.56 Å². The van der Waals surface area contributed by atoms with E-state index in [0.717, 1.165) is 15.7 Å². The maximum atomic E-state index is 11.9. The summed E-state index contributed by atoms with van der Waals surface area (Å²) in [5, 5.41) is 2.75. The zero-order valence-electron chi connectivity index (χ0n) is 7.99. The van der Waals surface area contributed by atoms with Gasteiger partial charge in [-0.25, -0.2) is 0 Å². The van der Waals surface area contributed by atoms with Gasteiger partial charge in [-0.15, -0.1) is 11.3 Å². The van der Waals surface area contributed by atoms with Gasteiger partial charge in [0.25, 0.3) is 5.56 Å². The highest BCUT2D eigenvalue weighted by Gasteiger charge is 2.02. The number of nitrogens with zero attached hydrogens (tertiary/aromatic N) is 1. The van der Waals surface area contributed by atoms with Gasteiger partial charge in [-0.05, 0) is 24.4 Å². The first-order valence-electron chi connectivity index (χ1n) is 4.39. The van der Waals surface area contributed by atoms with Gasteiger partial charge in [0, 0.05) is 17.4 Å². The van der Waals surface area contributed by atoms with Crippen molar-refractivity contribution in [2.45, 2.75) is 13.5 Å². The zero-order chi connectivity index (χ0) is 10.1. The van der Waals surface area contributed by atoms with Crippen LogP contribution in [-0.4, -0.2) is 4.57 Å². The molecule has 0 aliphatic rings. The molecule has 0 radical (unpaired) electrons. The fraction of sp³-hybridized carbons (Fsp3) is 0.182. The number of hydrogen-bond acceptors (Lipinski definition) is 2. The fourth-order valence-electron chi connectivity index (χ4n) is 1.42. The van der Waals surface area contributed by atoms with E-state index in [1.54, 1.807) is 15.9 Å². The number of aromatic nitrogens is 1. The highest BCUT2D eigenvalue weighted by molar-refractivity contribution is 7.17. The molecule has 14 heavy (non-hydrogen) atoms. The maximum absolute atomic E-state index is 11.9. The standard InChI is InChI=1S/C11H11NOS/c1-8(2)7-12-5-3-10-9(11(12)13)4-6-14-10/h3-6H,1,7H2,2H3. The van der Waals surface area contributed by atoms with Gasteiger partial charge in [-0.1, -0.05) is 12.2 Å². The average molecular weight is 205 g/mol. The highest BCUT2D eigenvalue weighted by Crippen LogP contribution is 2.16. The molecule has 0 N–H and O–H groups in total. The number of thiophene rings is 1. The van der Waals surface area contributed by atoms with Gasteiger partial charge in [-0.2, -0.15) is 0 Å².